The van der Waals surface area contributed by atoms with Crippen LogP contribution in [0, 0.1) is 0 Å². The number of benzene rings is 1. The van der Waals surface area contributed by atoms with Crippen LogP contribution in [0.1, 0.15) is 27.2 Å². The summed E-state index contributed by atoms with van der Waals surface area (Å²) in [7, 11) is 0. The number of amides is 2. The van der Waals surface area contributed by atoms with Gasteiger partial charge in [-0.15, -0.1) is 11.3 Å². The molecule has 10 heteroatoms. The van der Waals surface area contributed by atoms with E-state index in [1.165, 1.54) is 29.3 Å². The van der Waals surface area contributed by atoms with Crippen molar-refractivity contribution in [1.82, 2.24) is 10.7 Å². The summed E-state index contributed by atoms with van der Waals surface area (Å²) in [5.41, 5.74) is 1.58. The predicted molar refractivity (Wildman–Crippen MR) is 106 cm³/mol. The van der Waals surface area contributed by atoms with Crippen LogP contribution in [-0.4, -0.2) is 36.1 Å². The standard InChI is InChI=1S/C18H18F3N3O2S2/c1-27-10-8-15(17(26)24-22-11-14-3-2-9-28-14)23-16(25)12-4-6-13(7-5-12)18(19,20)21/h2-7,9,11,15H,8,10H2,1H3,(H,23,25)(H,24,26)/b22-11-/t15-/m0/s1. The van der Waals surface area contributed by atoms with Gasteiger partial charge in [0.15, 0.2) is 0 Å². The van der Waals surface area contributed by atoms with Gasteiger partial charge < -0.3 is 5.32 Å². The zero-order chi connectivity index (χ0) is 20.6. The average Bonchev–Trinajstić information content (AvgIpc) is 3.17. The number of rotatable bonds is 8. The second kappa shape index (κ2) is 10.3. The number of hydrazone groups is 1. The van der Waals surface area contributed by atoms with Crippen molar-refractivity contribution >= 4 is 41.1 Å². The molecule has 2 aromatic rings. The Morgan fingerprint density at radius 1 is 1.25 bits per heavy atom. The number of carbonyl (C=O) groups is 2. The van der Waals surface area contributed by atoms with Crippen molar-refractivity contribution in [2.24, 2.45) is 5.10 Å². The molecule has 1 aromatic heterocycles. The molecule has 0 aliphatic carbocycles. The van der Waals surface area contributed by atoms with Crippen LogP contribution in [0.2, 0.25) is 0 Å². The van der Waals surface area contributed by atoms with Crippen LogP contribution in [0.4, 0.5) is 13.2 Å². The van der Waals surface area contributed by atoms with Crippen LogP contribution in [0.25, 0.3) is 0 Å². The molecule has 0 aliphatic rings. The van der Waals surface area contributed by atoms with Gasteiger partial charge in [0, 0.05) is 10.4 Å². The Kier molecular flexibility index (Phi) is 8.06. The van der Waals surface area contributed by atoms with Gasteiger partial charge in [-0.25, -0.2) is 5.43 Å². The molecule has 1 atom stereocenters. The molecular formula is C18H18F3N3O2S2. The molecule has 28 heavy (non-hydrogen) atoms. The molecule has 2 N–H and O–H groups in total. The smallest absolute Gasteiger partial charge is 0.340 e. The Bertz CT molecular complexity index is 806. The van der Waals surface area contributed by atoms with Crippen molar-refractivity contribution in [3.05, 3.63) is 57.8 Å². The highest BCUT2D eigenvalue weighted by atomic mass is 32.2. The summed E-state index contributed by atoms with van der Waals surface area (Å²) in [6.07, 6.45) is -0.766. The lowest BCUT2D eigenvalue weighted by Gasteiger charge is -2.17. The van der Waals surface area contributed by atoms with Gasteiger partial charge in [0.25, 0.3) is 11.8 Å². The Hall–Kier alpha value is -2.33. The van der Waals surface area contributed by atoms with Crippen molar-refractivity contribution in [1.29, 1.82) is 0 Å². The molecule has 5 nitrogen and oxygen atoms in total. The summed E-state index contributed by atoms with van der Waals surface area (Å²) in [6, 6.07) is 6.64. The van der Waals surface area contributed by atoms with Gasteiger partial charge in [-0.3, -0.25) is 9.59 Å². The minimum absolute atomic E-state index is 0.0389. The summed E-state index contributed by atoms with van der Waals surface area (Å²) < 4.78 is 37.9. The van der Waals surface area contributed by atoms with E-state index in [1.807, 2.05) is 23.8 Å². The highest BCUT2D eigenvalue weighted by Crippen LogP contribution is 2.29. The normalized spacial score (nSPS) is 12.7. The minimum Gasteiger partial charge on any atom is -0.340 e. The van der Waals surface area contributed by atoms with Crippen LogP contribution in [-0.2, 0) is 11.0 Å². The molecule has 2 amide bonds. The Morgan fingerprint density at radius 2 is 1.96 bits per heavy atom. The zero-order valence-corrected chi connectivity index (χ0v) is 16.5. The summed E-state index contributed by atoms with van der Waals surface area (Å²) in [6.45, 7) is 0. The molecule has 150 valence electrons. The van der Waals surface area contributed by atoms with Gasteiger partial charge in [0.05, 0.1) is 11.8 Å². The van der Waals surface area contributed by atoms with E-state index in [1.54, 1.807) is 0 Å². The van der Waals surface area contributed by atoms with Crippen LogP contribution < -0.4 is 10.7 Å². The monoisotopic (exact) mass is 429 g/mol. The van der Waals surface area contributed by atoms with E-state index in [0.717, 1.165) is 29.1 Å². The molecule has 0 spiro atoms. The molecule has 0 fully saturated rings. The fourth-order valence-corrected chi connectivity index (χ4v) is 3.22. The van der Waals surface area contributed by atoms with Crippen LogP contribution >= 0.6 is 23.1 Å². The minimum atomic E-state index is -4.48. The molecule has 1 aromatic carbocycles. The lowest BCUT2D eigenvalue weighted by molar-refractivity contribution is -0.137. The fraction of sp³-hybridized carbons (Fsp3) is 0.278. The van der Waals surface area contributed by atoms with Crippen LogP contribution in [0.5, 0.6) is 0 Å². The van der Waals surface area contributed by atoms with Crippen molar-refractivity contribution in [2.45, 2.75) is 18.6 Å². The maximum atomic E-state index is 12.6. The first-order chi connectivity index (χ1) is 13.3. The first kappa shape index (κ1) is 22.0. The van der Waals surface area contributed by atoms with Crippen molar-refractivity contribution in [3.8, 4) is 0 Å². The lowest BCUT2D eigenvalue weighted by Crippen LogP contribution is -2.45. The van der Waals surface area contributed by atoms with Gasteiger partial charge in [-0.2, -0.15) is 30.0 Å². The third kappa shape index (κ3) is 6.68. The molecule has 0 unspecified atom stereocenters. The number of hydrogen-bond donors (Lipinski definition) is 2. The van der Waals surface area contributed by atoms with Gasteiger partial charge in [-0.1, -0.05) is 6.07 Å². The summed E-state index contributed by atoms with van der Waals surface area (Å²) in [5, 5.41) is 8.29. The van der Waals surface area contributed by atoms with E-state index in [4.69, 9.17) is 0 Å². The second-order valence-corrected chi connectivity index (χ2v) is 7.60. The second-order valence-electron chi connectivity index (χ2n) is 5.63. The quantitative estimate of drug-likeness (QED) is 0.496. The fourth-order valence-electron chi connectivity index (χ4n) is 2.16. The maximum Gasteiger partial charge on any atom is 0.416 e. The molecular weight excluding hydrogens is 411 g/mol. The lowest BCUT2D eigenvalue weighted by atomic mass is 10.1. The van der Waals surface area contributed by atoms with E-state index in [2.05, 4.69) is 15.8 Å². The van der Waals surface area contributed by atoms with E-state index >= 15 is 0 Å². The first-order valence-corrected chi connectivity index (χ1v) is 10.4. The Morgan fingerprint density at radius 3 is 2.54 bits per heavy atom. The number of halogens is 3. The molecule has 1 heterocycles. The summed E-state index contributed by atoms with van der Waals surface area (Å²) in [4.78, 5) is 25.5. The van der Waals surface area contributed by atoms with E-state index in [0.29, 0.717) is 12.2 Å². The molecule has 0 bridgehead atoms. The molecule has 0 radical (unpaired) electrons. The number of alkyl halides is 3. The van der Waals surface area contributed by atoms with Crippen molar-refractivity contribution in [2.75, 3.05) is 12.0 Å². The third-order valence-corrected chi connectivity index (χ3v) is 5.07. The van der Waals surface area contributed by atoms with E-state index in [-0.39, 0.29) is 5.56 Å². The largest absolute Gasteiger partial charge is 0.416 e. The zero-order valence-electron chi connectivity index (χ0n) is 14.8. The Labute approximate surface area is 168 Å². The van der Waals surface area contributed by atoms with Gasteiger partial charge in [0.2, 0.25) is 0 Å². The molecule has 0 saturated heterocycles. The maximum absolute atomic E-state index is 12.6. The van der Waals surface area contributed by atoms with Crippen LogP contribution in [0.15, 0.2) is 46.9 Å². The average molecular weight is 429 g/mol. The predicted octanol–water partition coefficient (Wildman–Crippen LogP) is 3.77. The van der Waals surface area contributed by atoms with Crippen molar-refractivity contribution < 1.29 is 22.8 Å². The van der Waals surface area contributed by atoms with E-state index in [9.17, 15) is 22.8 Å². The third-order valence-electron chi connectivity index (χ3n) is 3.62. The van der Waals surface area contributed by atoms with Gasteiger partial charge >= 0.3 is 6.18 Å². The number of nitrogens with one attached hydrogen (secondary N) is 2. The highest BCUT2D eigenvalue weighted by Gasteiger charge is 2.30. The van der Waals surface area contributed by atoms with Gasteiger partial charge in [0.1, 0.15) is 6.04 Å². The number of thioether (sulfide) groups is 1. The van der Waals surface area contributed by atoms with E-state index < -0.39 is 29.6 Å². The summed E-state index contributed by atoms with van der Waals surface area (Å²) >= 11 is 2.96. The SMILES string of the molecule is CSCC[C@H](NC(=O)c1ccc(C(F)(F)F)cc1)C(=O)N/N=C\c1cccs1. The number of carbonyl (C=O) groups excluding carboxylic acids is 2. The van der Waals surface area contributed by atoms with Crippen LogP contribution in [0.3, 0.4) is 0 Å². The number of thiophene rings is 1. The number of hydrogen-bond acceptors (Lipinski definition) is 5. The summed E-state index contributed by atoms with van der Waals surface area (Å²) in [5.74, 6) is -0.514. The molecule has 0 saturated carbocycles. The number of nitrogens with zero attached hydrogens (tertiary/aromatic N) is 1. The molecule has 2 rings (SSSR count). The molecule has 0 aliphatic heterocycles. The van der Waals surface area contributed by atoms with Gasteiger partial charge in [-0.05, 0) is 54.1 Å². The van der Waals surface area contributed by atoms with Crippen molar-refractivity contribution in [3.63, 3.8) is 0 Å². The highest BCUT2D eigenvalue weighted by molar-refractivity contribution is 7.98. The Balaban J connectivity index is 2.01. The topological polar surface area (TPSA) is 70.6 Å². The first-order valence-electron chi connectivity index (χ1n) is 8.14.